The van der Waals surface area contributed by atoms with Crippen molar-refractivity contribution in [1.29, 1.82) is 0 Å². The molecule has 0 saturated carbocycles. The van der Waals surface area contributed by atoms with Gasteiger partial charge in [-0.3, -0.25) is 4.90 Å². The molecule has 5 rings (SSSR count). The van der Waals surface area contributed by atoms with Crippen molar-refractivity contribution in [3.63, 3.8) is 0 Å². The SMILES string of the molecule is COc1cc(N2CCC(N3CCN(C(=O)OC(C)(C)C)CC3)CC2)c(C)cc1Nc1ncc(Br)c(Nc2ccccc2P(C)(C)=O)n1. The van der Waals surface area contributed by atoms with Gasteiger partial charge in [-0.25, -0.2) is 9.78 Å². The summed E-state index contributed by atoms with van der Waals surface area (Å²) < 4.78 is 25.0. The van der Waals surface area contributed by atoms with Gasteiger partial charge in [0.2, 0.25) is 5.95 Å². The first kappa shape index (κ1) is 35.0. The lowest BCUT2D eigenvalue weighted by atomic mass is 10.0. The smallest absolute Gasteiger partial charge is 0.410 e. The summed E-state index contributed by atoms with van der Waals surface area (Å²) in [5.74, 6) is 1.67. The first-order chi connectivity index (χ1) is 22.2. The molecule has 0 spiro atoms. The normalized spacial score (nSPS) is 16.6. The molecule has 0 radical (unpaired) electrons. The zero-order valence-electron chi connectivity index (χ0n) is 28.5. The zero-order chi connectivity index (χ0) is 33.9. The standard InChI is InChI=1S/C34H47BrN7O4P/c1-23-20-27(38-32-36-22-25(35)31(39-32)37-26-10-8-9-11-30(26)47(6,7)44)29(45-5)21-28(23)41-14-12-24(13-15-41)40-16-18-42(19-17-40)33(43)46-34(2,3)4/h8-11,20-22,24H,12-19H2,1-7H3,(H2,36,37,38,39). The number of nitrogens with one attached hydrogen (secondary N) is 2. The van der Waals surface area contributed by atoms with Crippen molar-refractivity contribution in [2.45, 2.75) is 52.2 Å². The Morgan fingerprint density at radius 1 is 1.00 bits per heavy atom. The molecule has 0 bridgehead atoms. The van der Waals surface area contributed by atoms with E-state index < -0.39 is 12.7 Å². The lowest BCUT2D eigenvalue weighted by molar-refractivity contribution is 0.00902. The largest absolute Gasteiger partial charge is 0.494 e. The minimum absolute atomic E-state index is 0.218. The van der Waals surface area contributed by atoms with E-state index in [1.54, 1.807) is 26.6 Å². The highest BCUT2D eigenvalue weighted by molar-refractivity contribution is 9.10. The molecule has 3 heterocycles. The minimum Gasteiger partial charge on any atom is -0.494 e. The van der Waals surface area contributed by atoms with Gasteiger partial charge in [-0.15, -0.1) is 0 Å². The maximum absolute atomic E-state index is 12.9. The Kier molecular flexibility index (Phi) is 10.7. The second-order valence-corrected chi connectivity index (χ2v) is 17.6. The average Bonchev–Trinajstić information content (AvgIpc) is 3.02. The number of anilines is 5. The molecule has 1 aromatic heterocycles. The number of hydrogen-bond donors (Lipinski definition) is 2. The lowest BCUT2D eigenvalue weighted by Crippen LogP contribution is -2.55. The second-order valence-electron chi connectivity index (χ2n) is 13.6. The minimum atomic E-state index is -2.51. The molecular formula is C34H47BrN7O4P. The maximum Gasteiger partial charge on any atom is 0.410 e. The van der Waals surface area contributed by atoms with E-state index >= 15 is 0 Å². The van der Waals surface area contributed by atoms with Crippen molar-refractivity contribution < 1.29 is 18.8 Å². The maximum atomic E-state index is 12.9. The Morgan fingerprint density at radius 2 is 1.68 bits per heavy atom. The Balaban J connectivity index is 1.22. The van der Waals surface area contributed by atoms with Crippen molar-refractivity contribution in [3.05, 3.63) is 52.6 Å². The first-order valence-electron chi connectivity index (χ1n) is 16.1. The molecule has 2 aromatic carbocycles. The number of aromatic nitrogens is 2. The fourth-order valence-corrected chi connectivity index (χ4v) is 7.61. The van der Waals surface area contributed by atoms with Crippen LogP contribution in [0.15, 0.2) is 47.1 Å². The van der Waals surface area contributed by atoms with E-state index in [4.69, 9.17) is 14.5 Å². The highest BCUT2D eigenvalue weighted by Gasteiger charge is 2.31. The van der Waals surface area contributed by atoms with Gasteiger partial charge < -0.3 is 34.5 Å². The van der Waals surface area contributed by atoms with Crippen LogP contribution in [-0.4, -0.2) is 97.2 Å². The fourth-order valence-electron chi connectivity index (χ4n) is 6.16. The van der Waals surface area contributed by atoms with E-state index in [9.17, 15) is 9.36 Å². The van der Waals surface area contributed by atoms with E-state index in [0.29, 0.717) is 41.1 Å². The van der Waals surface area contributed by atoms with E-state index in [-0.39, 0.29) is 6.09 Å². The highest BCUT2D eigenvalue weighted by Crippen LogP contribution is 2.39. The van der Waals surface area contributed by atoms with Crippen LogP contribution in [0.1, 0.15) is 39.2 Å². The van der Waals surface area contributed by atoms with Gasteiger partial charge in [0.15, 0.2) is 0 Å². The molecule has 3 aromatic rings. The monoisotopic (exact) mass is 727 g/mol. The molecule has 254 valence electrons. The highest BCUT2D eigenvalue weighted by atomic mass is 79.9. The summed E-state index contributed by atoms with van der Waals surface area (Å²) >= 11 is 3.55. The van der Waals surface area contributed by atoms with Crippen LogP contribution in [0.5, 0.6) is 5.75 Å². The van der Waals surface area contributed by atoms with E-state index in [1.165, 1.54) is 0 Å². The number of hydrogen-bond acceptors (Lipinski definition) is 10. The molecule has 0 unspecified atom stereocenters. The quantitative estimate of drug-likeness (QED) is 0.240. The van der Waals surface area contributed by atoms with Crippen LogP contribution in [0.4, 0.5) is 33.6 Å². The number of piperazine rings is 1. The first-order valence-corrected chi connectivity index (χ1v) is 19.5. The van der Waals surface area contributed by atoms with Gasteiger partial charge >= 0.3 is 6.09 Å². The van der Waals surface area contributed by atoms with Gasteiger partial charge in [-0.2, -0.15) is 4.98 Å². The van der Waals surface area contributed by atoms with Crippen LogP contribution in [0.3, 0.4) is 0 Å². The van der Waals surface area contributed by atoms with E-state index in [2.05, 4.69) is 60.4 Å². The van der Waals surface area contributed by atoms with Gasteiger partial charge in [0.05, 0.1) is 23.0 Å². The molecule has 2 aliphatic heterocycles. The van der Waals surface area contributed by atoms with Crippen LogP contribution in [0.2, 0.25) is 0 Å². The van der Waals surface area contributed by atoms with E-state index in [1.807, 2.05) is 49.9 Å². The number of aryl methyl sites for hydroxylation is 1. The van der Waals surface area contributed by atoms with Crippen molar-refractivity contribution >= 4 is 63.3 Å². The van der Waals surface area contributed by atoms with Gasteiger partial charge in [0.25, 0.3) is 0 Å². The van der Waals surface area contributed by atoms with Crippen LogP contribution in [-0.2, 0) is 9.30 Å². The average molecular weight is 729 g/mol. The third kappa shape index (κ3) is 8.77. The van der Waals surface area contributed by atoms with Gasteiger partial charge in [0.1, 0.15) is 24.3 Å². The van der Waals surface area contributed by atoms with Gasteiger partial charge in [0, 0.05) is 68.6 Å². The summed E-state index contributed by atoms with van der Waals surface area (Å²) in [6.07, 6.45) is 3.59. The predicted octanol–water partition coefficient (Wildman–Crippen LogP) is 6.81. The van der Waals surface area contributed by atoms with Crippen LogP contribution >= 0.6 is 23.1 Å². The molecule has 0 aliphatic carbocycles. The summed E-state index contributed by atoms with van der Waals surface area (Å²) in [6.45, 7) is 16.4. The molecule has 2 saturated heterocycles. The third-order valence-corrected chi connectivity index (χ3v) is 10.7. The topological polar surface area (TPSA) is 112 Å². The molecule has 11 nitrogen and oxygen atoms in total. The van der Waals surface area contributed by atoms with Gasteiger partial charge in [-0.1, -0.05) is 12.1 Å². The number of para-hydroxylation sites is 1. The summed E-state index contributed by atoms with van der Waals surface area (Å²) in [6, 6.07) is 12.2. The number of carbonyl (C=O) groups excluding carboxylic acids is 1. The second kappa shape index (κ2) is 14.4. The Labute approximate surface area is 286 Å². The number of halogens is 1. The van der Waals surface area contributed by atoms with Crippen molar-refractivity contribution in [3.8, 4) is 5.75 Å². The third-order valence-electron chi connectivity index (χ3n) is 8.53. The lowest BCUT2D eigenvalue weighted by Gasteiger charge is -2.43. The number of piperidine rings is 1. The number of carbonyl (C=O) groups is 1. The molecule has 2 N–H and O–H groups in total. The molecule has 0 atom stereocenters. The fraction of sp³-hybridized carbons (Fsp3) is 0.500. The molecular weight excluding hydrogens is 681 g/mol. The molecule has 2 aliphatic rings. The van der Waals surface area contributed by atoms with Gasteiger partial charge in [-0.05, 0) is 93.6 Å². The summed E-state index contributed by atoms with van der Waals surface area (Å²) in [4.78, 5) is 28.5. The Hall–Kier alpha value is -3.34. The predicted molar refractivity (Wildman–Crippen MR) is 194 cm³/mol. The molecule has 47 heavy (non-hydrogen) atoms. The number of amides is 1. The number of nitrogens with zero attached hydrogens (tertiary/aromatic N) is 5. The van der Waals surface area contributed by atoms with Crippen molar-refractivity contribution in [1.82, 2.24) is 19.8 Å². The summed E-state index contributed by atoms with van der Waals surface area (Å²) in [5, 5.41) is 7.44. The van der Waals surface area contributed by atoms with Crippen molar-refractivity contribution in [2.24, 2.45) is 0 Å². The molecule has 2 fully saturated rings. The Morgan fingerprint density at radius 3 is 2.32 bits per heavy atom. The van der Waals surface area contributed by atoms with Crippen LogP contribution in [0, 0.1) is 6.92 Å². The number of ether oxygens (including phenoxy) is 2. The van der Waals surface area contributed by atoms with Crippen molar-refractivity contribution in [2.75, 3.05) is 75.2 Å². The molecule has 13 heteroatoms. The molecule has 1 amide bonds. The number of rotatable bonds is 8. The number of benzene rings is 2. The van der Waals surface area contributed by atoms with E-state index in [0.717, 1.165) is 67.0 Å². The zero-order valence-corrected chi connectivity index (χ0v) is 31.0. The van der Waals surface area contributed by atoms with Crippen LogP contribution < -0.4 is 25.6 Å². The summed E-state index contributed by atoms with van der Waals surface area (Å²) in [5.41, 5.74) is 3.32. The summed E-state index contributed by atoms with van der Waals surface area (Å²) in [7, 11) is -0.837. The number of methoxy groups -OCH3 is 1. The Bertz CT molecular complexity index is 1630. The van der Waals surface area contributed by atoms with Crippen LogP contribution in [0.25, 0.3) is 0 Å².